The molecule has 19 heavy (non-hydrogen) atoms. The van der Waals surface area contributed by atoms with Crippen LogP contribution in [0.5, 0.6) is 0 Å². The first-order valence-corrected chi connectivity index (χ1v) is 7.40. The van der Waals surface area contributed by atoms with Gasteiger partial charge in [-0.25, -0.2) is 0 Å². The van der Waals surface area contributed by atoms with Crippen LogP contribution in [0.25, 0.3) is 0 Å². The van der Waals surface area contributed by atoms with Crippen LogP contribution in [0, 0.1) is 13.8 Å². The van der Waals surface area contributed by atoms with E-state index in [9.17, 15) is 0 Å². The summed E-state index contributed by atoms with van der Waals surface area (Å²) in [6.07, 6.45) is 0.845. The fourth-order valence-electron chi connectivity index (χ4n) is 2.05. The highest BCUT2D eigenvalue weighted by Gasteiger charge is 2.18. The van der Waals surface area contributed by atoms with Crippen molar-refractivity contribution in [2.75, 3.05) is 5.75 Å². The van der Waals surface area contributed by atoms with Crippen LogP contribution in [0.2, 0.25) is 0 Å². The van der Waals surface area contributed by atoms with Gasteiger partial charge in [0.2, 0.25) is 5.16 Å². The van der Waals surface area contributed by atoms with Crippen LogP contribution in [-0.2, 0) is 6.42 Å². The molecule has 5 heteroatoms. The van der Waals surface area contributed by atoms with Gasteiger partial charge in [0.15, 0.2) is 5.82 Å². The van der Waals surface area contributed by atoms with E-state index < -0.39 is 0 Å². The molecule has 1 aliphatic rings. The van der Waals surface area contributed by atoms with Crippen molar-refractivity contribution in [1.29, 1.82) is 0 Å². The summed E-state index contributed by atoms with van der Waals surface area (Å²) in [5.41, 5.74) is 4.90. The zero-order valence-corrected chi connectivity index (χ0v) is 12.2. The lowest BCUT2D eigenvalue weighted by atomic mass is 10.0. The molecule has 2 heterocycles. The van der Waals surface area contributed by atoms with Crippen LogP contribution >= 0.6 is 11.8 Å². The van der Waals surface area contributed by atoms with Crippen LogP contribution < -0.4 is 0 Å². The Morgan fingerprint density at radius 1 is 1.21 bits per heavy atom. The molecule has 0 radical (unpaired) electrons. The minimum atomic E-state index is 0.845. The molecule has 0 spiro atoms. The van der Waals surface area contributed by atoms with Gasteiger partial charge in [-0.05, 0) is 36.6 Å². The molecule has 1 aromatic heterocycles. The highest BCUT2D eigenvalue weighted by molar-refractivity contribution is 7.99. The average Bonchev–Trinajstić information content (AvgIpc) is 2.84. The lowest BCUT2D eigenvalue weighted by Gasteiger charge is -2.14. The second kappa shape index (κ2) is 4.81. The second-order valence-corrected chi connectivity index (χ2v) is 5.64. The van der Waals surface area contributed by atoms with Gasteiger partial charge in [-0.3, -0.25) is 0 Å². The molecule has 0 fully saturated rings. The number of rotatable bonds is 2. The normalized spacial score (nSPS) is 14.2. The first kappa shape index (κ1) is 12.4. The minimum absolute atomic E-state index is 0.845. The van der Waals surface area contributed by atoms with Gasteiger partial charge in [-0.2, -0.15) is 9.78 Å². The summed E-state index contributed by atoms with van der Waals surface area (Å²) >= 11 is 1.70. The molecule has 1 aliphatic heterocycles. The molecular weight excluding hydrogens is 256 g/mol. The van der Waals surface area contributed by atoms with E-state index in [2.05, 4.69) is 49.2 Å². The van der Waals surface area contributed by atoms with E-state index in [1.807, 2.05) is 4.68 Å². The third-order valence-electron chi connectivity index (χ3n) is 3.39. The van der Waals surface area contributed by atoms with Crippen molar-refractivity contribution in [3.63, 3.8) is 0 Å². The highest BCUT2D eigenvalue weighted by Crippen LogP contribution is 2.24. The Morgan fingerprint density at radius 3 is 2.79 bits per heavy atom. The van der Waals surface area contributed by atoms with Gasteiger partial charge in [0.25, 0.3) is 0 Å². The van der Waals surface area contributed by atoms with Crippen LogP contribution in [0.4, 0.5) is 0 Å². The van der Waals surface area contributed by atoms with Crippen molar-refractivity contribution in [2.45, 2.75) is 32.3 Å². The molecule has 3 rings (SSSR count). The van der Waals surface area contributed by atoms with E-state index in [1.165, 1.54) is 16.7 Å². The van der Waals surface area contributed by atoms with Gasteiger partial charge in [0, 0.05) is 12.2 Å². The van der Waals surface area contributed by atoms with Crippen molar-refractivity contribution in [2.24, 2.45) is 5.10 Å². The molecule has 0 N–H and O–H groups in total. The lowest BCUT2D eigenvalue weighted by Crippen LogP contribution is -2.14. The van der Waals surface area contributed by atoms with E-state index in [0.717, 1.165) is 28.9 Å². The maximum absolute atomic E-state index is 4.70. The molecule has 0 aliphatic carbocycles. The highest BCUT2D eigenvalue weighted by atomic mass is 32.2. The van der Waals surface area contributed by atoms with E-state index in [4.69, 9.17) is 5.10 Å². The number of fused-ring (bicyclic) bond motifs is 1. The third-order valence-corrected chi connectivity index (χ3v) is 4.32. The standard InChI is InChI=1S/C14H16N4S/c1-4-13-15-16-14-18(13)17-12(8-19-14)11-6-5-9(2)10(3)7-11/h5-7H,4,8H2,1-3H3. The van der Waals surface area contributed by atoms with Crippen molar-refractivity contribution >= 4 is 17.5 Å². The quantitative estimate of drug-likeness (QED) is 0.844. The fraction of sp³-hybridized carbons (Fsp3) is 0.357. The first-order valence-electron chi connectivity index (χ1n) is 6.41. The first-order chi connectivity index (χ1) is 9.19. The summed E-state index contributed by atoms with van der Waals surface area (Å²) in [6.45, 7) is 6.34. The second-order valence-electron chi connectivity index (χ2n) is 4.70. The maximum atomic E-state index is 4.70. The monoisotopic (exact) mass is 272 g/mol. The Kier molecular flexibility index (Phi) is 3.14. The van der Waals surface area contributed by atoms with Gasteiger partial charge >= 0.3 is 0 Å². The molecule has 0 bridgehead atoms. The van der Waals surface area contributed by atoms with Crippen molar-refractivity contribution in [1.82, 2.24) is 14.9 Å². The van der Waals surface area contributed by atoms with Crippen LogP contribution in [0.15, 0.2) is 28.5 Å². The molecule has 0 atom stereocenters. The number of aromatic nitrogens is 3. The summed E-state index contributed by atoms with van der Waals surface area (Å²) in [4.78, 5) is 0. The zero-order valence-electron chi connectivity index (χ0n) is 11.3. The summed E-state index contributed by atoms with van der Waals surface area (Å²) in [6, 6.07) is 6.50. The maximum Gasteiger partial charge on any atom is 0.212 e. The van der Waals surface area contributed by atoms with Crippen LogP contribution in [0.3, 0.4) is 0 Å². The Hall–Kier alpha value is -1.62. The lowest BCUT2D eigenvalue weighted by molar-refractivity contribution is 0.714. The van der Waals surface area contributed by atoms with E-state index >= 15 is 0 Å². The molecule has 4 nitrogen and oxygen atoms in total. The van der Waals surface area contributed by atoms with Gasteiger partial charge in [0.05, 0.1) is 5.71 Å². The SMILES string of the molecule is CCc1nnc2n1N=C(c1ccc(C)c(C)c1)CS2. The molecule has 0 saturated heterocycles. The summed E-state index contributed by atoms with van der Waals surface area (Å²) in [5, 5.41) is 13.9. The smallest absolute Gasteiger partial charge is 0.191 e. The van der Waals surface area contributed by atoms with E-state index in [1.54, 1.807) is 11.8 Å². The summed E-state index contributed by atoms with van der Waals surface area (Å²) in [5.74, 6) is 1.77. The molecule has 0 unspecified atom stereocenters. The summed E-state index contributed by atoms with van der Waals surface area (Å²) < 4.78 is 1.87. The zero-order chi connectivity index (χ0) is 13.4. The third kappa shape index (κ3) is 2.18. The largest absolute Gasteiger partial charge is 0.212 e. The number of hydrogen-bond donors (Lipinski definition) is 0. The number of benzene rings is 1. The van der Waals surface area contributed by atoms with Gasteiger partial charge in [0.1, 0.15) is 0 Å². The molecule has 0 saturated carbocycles. The Labute approximate surface area is 116 Å². The Morgan fingerprint density at radius 2 is 2.05 bits per heavy atom. The topological polar surface area (TPSA) is 43.1 Å². The predicted molar refractivity (Wildman–Crippen MR) is 78.0 cm³/mol. The summed E-state index contributed by atoms with van der Waals surface area (Å²) in [7, 11) is 0. The fourth-order valence-corrected chi connectivity index (χ4v) is 2.91. The molecular formula is C14H16N4S. The molecule has 1 aromatic carbocycles. The number of thioether (sulfide) groups is 1. The number of aryl methyl sites for hydroxylation is 3. The van der Waals surface area contributed by atoms with Gasteiger partial charge in [-0.1, -0.05) is 30.8 Å². The molecule has 0 amide bonds. The molecule has 2 aromatic rings. The Balaban J connectivity index is 2.04. The van der Waals surface area contributed by atoms with E-state index in [-0.39, 0.29) is 0 Å². The van der Waals surface area contributed by atoms with Crippen molar-refractivity contribution < 1.29 is 0 Å². The molecule has 98 valence electrons. The van der Waals surface area contributed by atoms with Crippen molar-refractivity contribution in [3.8, 4) is 0 Å². The van der Waals surface area contributed by atoms with Crippen molar-refractivity contribution in [3.05, 3.63) is 40.7 Å². The minimum Gasteiger partial charge on any atom is -0.191 e. The van der Waals surface area contributed by atoms with Crippen LogP contribution in [-0.4, -0.2) is 26.3 Å². The van der Waals surface area contributed by atoms with Gasteiger partial charge in [-0.15, -0.1) is 10.2 Å². The van der Waals surface area contributed by atoms with Crippen LogP contribution in [0.1, 0.15) is 29.4 Å². The number of nitrogens with zero attached hydrogens (tertiary/aromatic N) is 4. The Bertz CT molecular complexity index is 657. The average molecular weight is 272 g/mol. The van der Waals surface area contributed by atoms with E-state index in [0.29, 0.717) is 0 Å². The predicted octanol–water partition coefficient (Wildman–Crippen LogP) is 2.82. The van der Waals surface area contributed by atoms with Gasteiger partial charge < -0.3 is 0 Å². The number of hydrogen-bond acceptors (Lipinski definition) is 4.